The first-order valence-electron chi connectivity index (χ1n) is 9.59. The fraction of sp³-hybridized carbons (Fsp3) is 0.364. The number of ether oxygens (including phenoxy) is 2. The molecule has 1 saturated heterocycles. The Kier molecular flexibility index (Phi) is 7.03. The van der Waals surface area contributed by atoms with Crippen molar-refractivity contribution < 1.29 is 14.3 Å². The first-order valence-corrected chi connectivity index (χ1v) is 9.59. The first kappa shape index (κ1) is 19.9. The van der Waals surface area contributed by atoms with Gasteiger partial charge in [0.1, 0.15) is 0 Å². The van der Waals surface area contributed by atoms with E-state index in [4.69, 9.17) is 9.47 Å². The predicted molar refractivity (Wildman–Crippen MR) is 109 cm³/mol. The van der Waals surface area contributed by atoms with Gasteiger partial charge in [-0.3, -0.25) is 14.7 Å². The molecule has 0 radical (unpaired) electrons. The largest absolute Gasteiger partial charge is 0.493 e. The number of piperazine rings is 1. The number of carbonyl (C=O) groups excluding carboxylic acids is 1. The van der Waals surface area contributed by atoms with Crippen molar-refractivity contribution in [1.29, 1.82) is 0 Å². The SMILES string of the molecule is CCOc1cc(/C=C/C(=O)N2CCN(Cc3ccccn3)CC2)ccc1OC. The number of amides is 1. The molecule has 2 heterocycles. The number of rotatable bonds is 7. The highest BCUT2D eigenvalue weighted by atomic mass is 16.5. The monoisotopic (exact) mass is 381 g/mol. The van der Waals surface area contributed by atoms with Gasteiger partial charge < -0.3 is 14.4 Å². The van der Waals surface area contributed by atoms with E-state index in [1.807, 2.05) is 60.5 Å². The Morgan fingerprint density at radius 2 is 1.96 bits per heavy atom. The Labute approximate surface area is 166 Å². The number of hydrogen-bond acceptors (Lipinski definition) is 5. The minimum Gasteiger partial charge on any atom is -0.493 e. The number of benzene rings is 1. The Morgan fingerprint density at radius 1 is 1.14 bits per heavy atom. The van der Waals surface area contributed by atoms with Crippen molar-refractivity contribution in [3.05, 3.63) is 59.9 Å². The van der Waals surface area contributed by atoms with Gasteiger partial charge in [0, 0.05) is 45.0 Å². The fourth-order valence-corrected chi connectivity index (χ4v) is 3.19. The van der Waals surface area contributed by atoms with Gasteiger partial charge in [-0.2, -0.15) is 0 Å². The second kappa shape index (κ2) is 9.90. The fourth-order valence-electron chi connectivity index (χ4n) is 3.19. The standard InChI is InChI=1S/C22H27N3O3/c1-3-28-21-16-18(7-9-20(21)27-2)8-10-22(26)25-14-12-24(13-15-25)17-19-6-4-5-11-23-19/h4-11,16H,3,12-15,17H2,1-2H3/b10-8+. The maximum Gasteiger partial charge on any atom is 0.246 e. The lowest BCUT2D eigenvalue weighted by molar-refractivity contribution is -0.127. The van der Waals surface area contributed by atoms with Crippen molar-refractivity contribution in [1.82, 2.24) is 14.8 Å². The third-order valence-electron chi connectivity index (χ3n) is 4.70. The molecule has 0 saturated carbocycles. The zero-order valence-corrected chi connectivity index (χ0v) is 16.5. The van der Waals surface area contributed by atoms with Crippen LogP contribution < -0.4 is 9.47 Å². The molecule has 28 heavy (non-hydrogen) atoms. The van der Waals surface area contributed by atoms with Crippen LogP contribution in [0.4, 0.5) is 0 Å². The molecule has 3 rings (SSSR count). The molecule has 0 atom stereocenters. The second-order valence-corrected chi connectivity index (χ2v) is 6.60. The minimum absolute atomic E-state index is 0.0336. The van der Waals surface area contributed by atoms with Gasteiger partial charge in [-0.1, -0.05) is 12.1 Å². The Balaban J connectivity index is 1.53. The first-order chi connectivity index (χ1) is 13.7. The Bertz CT molecular complexity index is 800. The molecular weight excluding hydrogens is 354 g/mol. The van der Waals surface area contributed by atoms with E-state index in [0.717, 1.165) is 44.0 Å². The molecular formula is C22H27N3O3. The van der Waals surface area contributed by atoms with Crippen molar-refractivity contribution in [2.75, 3.05) is 39.9 Å². The highest BCUT2D eigenvalue weighted by Crippen LogP contribution is 2.28. The summed E-state index contributed by atoms with van der Waals surface area (Å²) in [6, 6.07) is 11.6. The van der Waals surface area contributed by atoms with Crippen LogP contribution in [0.2, 0.25) is 0 Å². The van der Waals surface area contributed by atoms with E-state index >= 15 is 0 Å². The van der Waals surface area contributed by atoms with Gasteiger partial charge in [-0.15, -0.1) is 0 Å². The summed E-state index contributed by atoms with van der Waals surface area (Å²) >= 11 is 0. The van der Waals surface area contributed by atoms with Gasteiger partial charge in [-0.25, -0.2) is 0 Å². The molecule has 1 fully saturated rings. The van der Waals surface area contributed by atoms with Crippen LogP contribution >= 0.6 is 0 Å². The van der Waals surface area contributed by atoms with Crippen LogP contribution in [-0.4, -0.2) is 60.6 Å². The Hall–Kier alpha value is -2.86. The van der Waals surface area contributed by atoms with E-state index in [2.05, 4.69) is 9.88 Å². The smallest absolute Gasteiger partial charge is 0.246 e. The third kappa shape index (κ3) is 5.33. The van der Waals surface area contributed by atoms with Crippen LogP contribution in [0.25, 0.3) is 6.08 Å². The molecule has 0 aliphatic carbocycles. The molecule has 1 aromatic carbocycles. The lowest BCUT2D eigenvalue weighted by atomic mass is 10.2. The lowest BCUT2D eigenvalue weighted by Crippen LogP contribution is -2.47. The van der Waals surface area contributed by atoms with Crippen molar-refractivity contribution in [2.24, 2.45) is 0 Å². The third-order valence-corrected chi connectivity index (χ3v) is 4.70. The highest BCUT2D eigenvalue weighted by molar-refractivity contribution is 5.92. The second-order valence-electron chi connectivity index (χ2n) is 6.60. The topological polar surface area (TPSA) is 54.9 Å². The number of methoxy groups -OCH3 is 1. The lowest BCUT2D eigenvalue weighted by Gasteiger charge is -2.34. The minimum atomic E-state index is 0.0336. The van der Waals surface area contributed by atoms with Gasteiger partial charge in [-0.05, 0) is 42.8 Å². The summed E-state index contributed by atoms with van der Waals surface area (Å²) in [6.07, 6.45) is 5.27. The zero-order chi connectivity index (χ0) is 19.8. The summed E-state index contributed by atoms with van der Waals surface area (Å²) in [6.45, 7) is 6.47. The summed E-state index contributed by atoms with van der Waals surface area (Å²) in [5.41, 5.74) is 1.97. The van der Waals surface area contributed by atoms with Crippen molar-refractivity contribution in [2.45, 2.75) is 13.5 Å². The van der Waals surface area contributed by atoms with E-state index in [1.54, 1.807) is 13.2 Å². The molecule has 1 aromatic heterocycles. The van der Waals surface area contributed by atoms with Gasteiger partial charge in [0.15, 0.2) is 11.5 Å². The number of carbonyl (C=O) groups is 1. The van der Waals surface area contributed by atoms with Crippen molar-refractivity contribution >= 4 is 12.0 Å². The average molecular weight is 381 g/mol. The van der Waals surface area contributed by atoms with Crippen LogP contribution in [0.5, 0.6) is 11.5 Å². The molecule has 148 valence electrons. The van der Waals surface area contributed by atoms with Crippen molar-refractivity contribution in [3.8, 4) is 11.5 Å². The van der Waals surface area contributed by atoms with Crippen LogP contribution in [-0.2, 0) is 11.3 Å². The average Bonchev–Trinajstić information content (AvgIpc) is 2.74. The summed E-state index contributed by atoms with van der Waals surface area (Å²) in [5.74, 6) is 1.41. The highest BCUT2D eigenvalue weighted by Gasteiger charge is 2.19. The summed E-state index contributed by atoms with van der Waals surface area (Å²) in [7, 11) is 1.62. The van der Waals surface area contributed by atoms with E-state index in [0.29, 0.717) is 18.1 Å². The summed E-state index contributed by atoms with van der Waals surface area (Å²) in [5, 5.41) is 0. The van der Waals surface area contributed by atoms with E-state index < -0.39 is 0 Å². The van der Waals surface area contributed by atoms with Crippen LogP contribution in [0.3, 0.4) is 0 Å². The molecule has 0 bridgehead atoms. The molecule has 0 unspecified atom stereocenters. The van der Waals surface area contributed by atoms with Crippen LogP contribution in [0.15, 0.2) is 48.7 Å². The van der Waals surface area contributed by atoms with E-state index in [1.165, 1.54) is 0 Å². The molecule has 1 amide bonds. The van der Waals surface area contributed by atoms with Gasteiger partial charge in [0.2, 0.25) is 5.91 Å². The van der Waals surface area contributed by atoms with Crippen LogP contribution in [0, 0.1) is 0 Å². The predicted octanol–water partition coefficient (Wildman–Crippen LogP) is 2.85. The number of hydrogen-bond donors (Lipinski definition) is 0. The molecule has 2 aromatic rings. The van der Waals surface area contributed by atoms with Gasteiger partial charge >= 0.3 is 0 Å². The van der Waals surface area contributed by atoms with E-state index in [9.17, 15) is 4.79 Å². The molecule has 6 nitrogen and oxygen atoms in total. The maximum absolute atomic E-state index is 12.5. The number of aromatic nitrogens is 1. The van der Waals surface area contributed by atoms with Gasteiger partial charge in [0.25, 0.3) is 0 Å². The van der Waals surface area contributed by atoms with Gasteiger partial charge in [0.05, 0.1) is 19.4 Å². The normalized spacial score (nSPS) is 15.0. The quantitative estimate of drug-likeness (QED) is 0.691. The molecule has 6 heteroatoms. The van der Waals surface area contributed by atoms with Crippen molar-refractivity contribution in [3.63, 3.8) is 0 Å². The van der Waals surface area contributed by atoms with E-state index in [-0.39, 0.29) is 5.91 Å². The summed E-state index contributed by atoms with van der Waals surface area (Å²) in [4.78, 5) is 21.1. The molecule has 0 N–H and O–H groups in total. The maximum atomic E-state index is 12.5. The zero-order valence-electron chi connectivity index (χ0n) is 16.5. The Morgan fingerprint density at radius 3 is 2.64 bits per heavy atom. The molecule has 1 aliphatic rings. The molecule has 1 aliphatic heterocycles. The number of pyridine rings is 1. The summed E-state index contributed by atoms with van der Waals surface area (Å²) < 4.78 is 10.9. The molecule has 0 spiro atoms. The number of nitrogens with zero attached hydrogens (tertiary/aromatic N) is 3. The van der Waals surface area contributed by atoms with Crippen LogP contribution in [0.1, 0.15) is 18.2 Å².